The van der Waals surface area contributed by atoms with E-state index in [0.29, 0.717) is 6.42 Å². The molecule has 0 fully saturated rings. The van der Waals surface area contributed by atoms with Crippen LogP contribution in [0.15, 0.2) is 30.8 Å². The Labute approximate surface area is 85.5 Å². The maximum atomic E-state index is 10.8. The van der Waals surface area contributed by atoms with E-state index in [-0.39, 0.29) is 5.78 Å². The van der Waals surface area contributed by atoms with E-state index >= 15 is 0 Å². The van der Waals surface area contributed by atoms with Gasteiger partial charge in [0, 0.05) is 6.42 Å². The molecule has 1 nitrogen and oxygen atoms in total. The first kappa shape index (κ1) is 10.7. The van der Waals surface area contributed by atoms with Crippen LogP contribution in [0.1, 0.15) is 31.4 Å². The molecule has 0 saturated heterocycles. The second kappa shape index (κ2) is 4.75. The molecule has 14 heavy (non-hydrogen) atoms. The standard InChI is InChI=1S/C13H16O/c1-10(2)13-8-6-12(7-9-13)5-4-11(3)14/h6-9H,1,4-5H2,2-3H3. The molecule has 0 aromatic heterocycles. The summed E-state index contributed by atoms with van der Waals surface area (Å²) in [4.78, 5) is 10.8. The summed E-state index contributed by atoms with van der Waals surface area (Å²) in [7, 11) is 0. The lowest BCUT2D eigenvalue weighted by molar-refractivity contribution is -0.116. The number of hydrogen-bond donors (Lipinski definition) is 0. The van der Waals surface area contributed by atoms with Crippen molar-refractivity contribution in [2.45, 2.75) is 26.7 Å². The van der Waals surface area contributed by atoms with Gasteiger partial charge in [0.05, 0.1) is 0 Å². The van der Waals surface area contributed by atoms with Crippen molar-refractivity contribution >= 4 is 11.4 Å². The minimum absolute atomic E-state index is 0.244. The zero-order chi connectivity index (χ0) is 10.6. The summed E-state index contributed by atoms with van der Waals surface area (Å²) in [6.07, 6.45) is 1.47. The molecule has 0 bridgehead atoms. The molecule has 1 rings (SSSR count). The smallest absolute Gasteiger partial charge is 0.130 e. The van der Waals surface area contributed by atoms with Crippen LogP contribution in [0.25, 0.3) is 5.57 Å². The molecular formula is C13H16O. The van der Waals surface area contributed by atoms with E-state index in [2.05, 4.69) is 30.8 Å². The number of carbonyl (C=O) groups is 1. The Morgan fingerprint density at radius 2 is 1.79 bits per heavy atom. The van der Waals surface area contributed by atoms with Crippen LogP contribution in [0.3, 0.4) is 0 Å². The lowest BCUT2D eigenvalue weighted by atomic mass is 10.0. The molecule has 0 atom stereocenters. The molecule has 0 N–H and O–H groups in total. The van der Waals surface area contributed by atoms with Crippen molar-refractivity contribution in [2.24, 2.45) is 0 Å². The van der Waals surface area contributed by atoms with Crippen molar-refractivity contribution < 1.29 is 4.79 Å². The number of allylic oxidation sites excluding steroid dienone is 1. The summed E-state index contributed by atoms with van der Waals surface area (Å²) in [6, 6.07) is 8.23. The lowest BCUT2D eigenvalue weighted by Gasteiger charge is -2.02. The number of Topliss-reactive ketones (excluding diaryl/α,β-unsaturated/α-hetero) is 1. The zero-order valence-corrected chi connectivity index (χ0v) is 8.84. The second-order valence-electron chi connectivity index (χ2n) is 3.68. The average molecular weight is 188 g/mol. The van der Waals surface area contributed by atoms with E-state index in [4.69, 9.17) is 0 Å². The topological polar surface area (TPSA) is 17.1 Å². The van der Waals surface area contributed by atoms with Gasteiger partial charge in [-0.15, -0.1) is 0 Å². The molecule has 0 radical (unpaired) electrons. The number of hydrogen-bond acceptors (Lipinski definition) is 1. The van der Waals surface area contributed by atoms with Gasteiger partial charge < -0.3 is 4.79 Å². The lowest BCUT2D eigenvalue weighted by Crippen LogP contribution is -1.93. The maximum absolute atomic E-state index is 10.8. The fraction of sp³-hybridized carbons (Fsp3) is 0.308. The predicted octanol–water partition coefficient (Wildman–Crippen LogP) is 3.24. The molecule has 0 saturated carbocycles. The number of aryl methyl sites for hydroxylation is 1. The minimum atomic E-state index is 0.244. The molecule has 74 valence electrons. The third-order valence-corrected chi connectivity index (χ3v) is 2.21. The summed E-state index contributed by atoms with van der Waals surface area (Å²) in [5, 5.41) is 0. The van der Waals surface area contributed by atoms with Gasteiger partial charge in [-0.3, -0.25) is 0 Å². The third kappa shape index (κ3) is 3.17. The van der Waals surface area contributed by atoms with Crippen LogP contribution in [0.4, 0.5) is 0 Å². The van der Waals surface area contributed by atoms with Gasteiger partial charge in [0.1, 0.15) is 5.78 Å². The molecule has 1 aromatic rings. The van der Waals surface area contributed by atoms with Crippen LogP contribution in [0.2, 0.25) is 0 Å². The molecule has 0 aliphatic carbocycles. The largest absolute Gasteiger partial charge is 0.300 e. The van der Waals surface area contributed by atoms with Crippen LogP contribution >= 0.6 is 0 Å². The van der Waals surface area contributed by atoms with Gasteiger partial charge in [0.2, 0.25) is 0 Å². The molecule has 0 heterocycles. The van der Waals surface area contributed by atoms with Crippen molar-refractivity contribution in [1.82, 2.24) is 0 Å². The predicted molar refractivity (Wildman–Crippen MR) is 60.2 cm³/mol. The summed E-state index contributed by atoms with van der Waals surface area (Å²) in [5.74, 6) is 0.244. The zero-order valence-electron chi connectivity index (χ0n) is 8.84. The van der Waals surface area contributed by atoms with E-state index < -0.39 is 0 Å². The Balaban J connectivity index is 2.64. The summed E-state index contributed by atoms with van der Waals surface area (Å²) >= 11 is 0. The quantitative estimate of drug-likeness (QED) is 0.709. The van der Waals surface area contributed by atoms with Crippen molar-refractivity contribution in [3.8, 4) is 0 Å². The molecule has 1 heteroatoms. The van der Waals surface area contributed by atoms with Gasteiger partial charge in [-0.1, -0.05) is 36.4 Å². The number of ketones is 1. The highest BCUT2D eigenvalue weighted by molar-refractivity contribution is 5.75. The van der Waals surface area contributed by atoms with Gasteiger partial charge in [0.25, 0.3) is 0 Å². The van der Waals surface area contributed by atoms with Gasteiger partial charge in [-0.2, -0.15) is 0 Å². The average Bonchev–Trinajstić information content (AvgIpc) is 2.15. The molecular weight excluding hydrogens is 172 g/mol. The van der Waals surface area contributed by atoms with E-state index in [1.54, 1.807) is 6.92 Å². The Kier molecular flexibility index (Phi) is 3.63. The monoisotopic (exact) mass is 188 g/mol. The fourth-order valence-corrected chi connectivity index (χ4v) is 1.28. The summed E-state index contributed by atoms with van der Waals surface area (Å²) in [5.41, 5.74) is 3.45. The van der Waals surface area contributed by atoms with Gasteiger partial charge in [-0.05, 0) is 31.4 Å². The number of carbonyl (C=O) groups excluding carboxylic acids is 1. The van der Waals surface area contributed by atoms with Crippen molar-refractivity contribution in [1.29, 1.82) is 0 Å². The van der Waals surface area contributed by atoms with Gasteiger partial charge >= 0.3 is 0 Å². The van der Waals surface area contributed by atoms with E-state index in [1.165, 1.54) is 5.56 Å². The first-order chi connectivity index (χ1) is 6.59. The van der Waals surface area contributed by atoms with Gasteiger partial charge in [-0.25, -0.2) is 0 Å². The minimum Gasteiger partial charge on any atom is -0.300 e. The van der Waals surface area contributed by atoms with Crippen LogP contribution in [0, 0.1) is 0 Å². The van der Waals surface area contributed by atoms with Crippen molar-refractivity contribution in [3.63, 3.8) is 0 Å². The SMILES string of the molecule is C=C(C)c1ccc(CCC(C)=O)cc1. The normalized spacial score (nSPS) is 9.86. The van der Waals surface area contributed by atoms with Crippen molar-refractivity contribution in [3.05, 3.63) is 42.0 Å². The Hall–Kier alpha value is -1.37. The summed E-state index contributed by atoms with van der Waals surface area (Å²) < 4.78 is 0. The first-order valence-electron chi connectivity index (χ1n) is 4.84. The summed E-state index contributed by atoms with van der Waals surface area (Å²) in [6.45, 7) is 7.49. The highest BCUT2D eigenvalue weighted by Crippen LogP contribution is 2.13. The third-order valence-electron chi connectivity index (χ3n) is 2.21. The highest BCUT2D eigenvalue weighted by atomic mass is 16.1. The van der Waals surface area contributed by atoms with Gasteiger partial charge in [0.15, 0.2) is 0 Å². The highest BCUT2D eigenvalue weighted by Gasteiger charge is 1.97. The fourth-order valence-electron chi connectivity index (χ4n) is 1.28. The molecule has 0 aliphatic rings. The molecule has 1 aromatic carbocycles. The van der Waals surface area contributed by atoms with Crippen LogP contribution in [-0.2, 0) is 11.2 Å². The number of rotatable bonds is 4. The second-order valence-corrected chi connectivity index (χ2v) is 3.68. The Morgan fingerprint density at radius 1 is 1.21 bits per heavy atom. The number of benzene rings is 1. The maximum Gasteiger partial charge on any atom is 0.130 e. The van der Waals surface area contributed by atoms with E-state index in [1.807, 2.05) is 6.92 Å². The van der Waals surface area contributed by atoms with Crippen LogP contribution in [-0.4, -0.2) is 5.78 Å². The molecule has 0 aliphatic heterocycles. The van der Waals surface area contributed by atoms with E-state index in [9.17, 15) is 4.79 Å². The Bertz CT molecular complexity index is 333. The molecule has 0 unspecified atom stereocenters. The van der Waals surface area contributed by atoms with E-state index in [0.717, 1.165) is 17.6 Å². The molecule has 0 amide bonds. The Morgan fingerprint density at radius 3 is 2.21 bits per heavy atom. The van der Waals surface area contributed by atoms with Crippen molar-refractivity contribution in [2.75, 3.05) is 0 Å². The molecule has 0 spiro atoms. The first-order valence-corrected chi connectivity index (χ1v) is 4.84. The van der Waals surface area contributed by atoms with Crippen LogP contribution in [0.5, 0.6) is 0 Å². The van der Waals surface area contributed by atoms with Crippen LogP contribution < -0.4 is 0 Å².